The molecule has 0 spiro atoms. The molecule has 1 heterocycles. The van der Waals surface area contributed by atoms with Crippen molar-refractivity contribution in [3.63, 3.8) is 0 Å². The normalized spacial score (nSPS) is 24.8. The molecular formula is C33H44FN3O4. The first-order chi connectivity index (χ1) is 19.8. The van der Waals surface area contributed by atoms with Crippen LogP contribution in [0.5, 0.6) is 0 Å². The van der Waals surface area contributed by atoms with Crippen LogP contribution in [0.25, 0.3) is 0 Å². The predicted octanol–water partition coefficient (Wildman–Crippen LogP) is 5.45. The fraction of sp³-hybridized carbons (Fsp3) is 0.545. The Morgan fingerprint density at radius 2 is 1.71 bits per heavy atom. The van der Waals surface area contributed by atoms with Crippen LogP contribution >= 0.6 is 0 Å². The van der Waals surface area contributed by atoms with Gasteiger partial charge in [-0.15, -0.1) is 0 Å². The van der Waals surface area contributed by atoms with E-state index in [-0.39, 0.29) is 36.7 Å². The van der Waals surface area contributed by atoms with E-state index >= 15 is 0 Å². The van der Waals surface area contributed by atoms with Gasteiger partial charge in [-0.1, -0.05) is 55.3 Å². The topological polar surface area (TPSA) is 71.4 Å². The molecule has 2 aliphatic rings. The fourth-order valence-corrected chi connectivity index (χ4v) is 6.87. The quantitative estimate of drug-likeness (QED) is 0.319. The summed E-state index contributed by atoms with van der Waals surface area (Å²) in [4.78, 5) is 34.7. The van der Waals surface area contributed by atoms with Gasteiger partial charge >= 0.3 is 11.9 Å². The molecule has 7 nitrogen and oxygen atoms in total. The Labute approximate surface area is 243 Å². The Hall–Kier alpha value is -3.26. The van der Waals surface area contributed by atoms with Crippen LogP contribution < -0.4 is 0 Å². The third kappa shape index (κ3) is 7.34. The van der Waals surface area contributed by atoms with Crippen LogP contribution in [0.2, 0.25) is 0 Å². The van der Waals surface area contributed by atoms with E-state index in [1.54, 1.807) is 18.5 Å². The van der Waals surface area contributed by atoms with Crippen LogP contribution in [0.4, 0.5) is 4.39 Å². The molecule has 0 radical (unpaired) electrons. The first-order valence-corrected chi connectivity index (χ1v) is 14.7. The van der Waals surface area contributed by atoms with Gasteiger partial charge in [-0.2, -0.15) is 0 Å². The van der Waals surface area contributed by atoms with Crippen LogP contribution in [0.3, 0.4) is 0 Å². The second-order valence-corrected chi connectivity index (χ2v) is 11.7. The minimum absolute atomic E-state index is 0.0981. The molecule has 2 aromatic rings. The van der Waals surface area contributed by atoms with E-state index in [4.69, 9.17) is 14.5 Å². The summed E-state index contributed by atoms with van der Waals surface area (Å²) in [5, 5.41) is 0. The number of ether oxygens (including phenoxy) is 2. The molecule has 41 heavy (non-hydrogen) atoms. The van der Waals surface area contributed by atoms with Crippen molar-refractivity contribution in [1.29, 1.82) is 0 Å². The SMILES string of the molecule is COC(=O)CCC1(C(=O)OC)N=CN(CCc2ccccc2)C1CC1CCC(C(c2ccc(F)cc2)N(C)C)CC1. The third-order valence-corrected chi connectivity index (χ3v) is 9.03. The minimum atomic E-state index is -1.14. The maximum Gasteiger partial charge on any atom is 0.335 e. The molecule has 0 aromatic heterocycles. The van der Waals surface area contributed by atoms with Gasteiger partial charge in [0.1, 0.15) is 5.82 Å². The fourth-order valence-electron chi connectivity index (χ4n) is 6.87. The Morgan fingerprint density at radius 3 is 2.32 bits per heavy atom. The Balaban J connectivity index is 1.50. The average Bonchev–Trinajstić information content (AvgIpc) is 3.34. The van der Waals surface area contributed by atoms with E-state index in [0.717, 1.165) is 50.6 Å². The molecule has 8 heteroatoms. The number of halogens is 1. The number of nitrogens with zero attached hydrogens (tertiary/aromatic N) is 3. The Morgan fingerprint density at radius 1 is 1.02 bits per heavy atom. The molecule has 1 fully saturated rings. The third-order valence-electron chi connectivity index (χ3n) is 9.03. The molecule has 1 aliphatic carbocycles. The molecule has 0 saturated heterocycles. The molecule has 0 bridgehead atoms. The Kier molecular flexibility index (Phi) is 10.5. The van der Waals surface area contributed by atoms with Crippen molar-refractivity contribution < 1.29 is 23.5 Å². The van der Waals surface area contributed by atoms with Crippen LogP contribution in [-0.4, -0.2) is 74.5 Å². The molecule has 3 unspecified atom stereocenters. The highest BCUT2D eigenvalue weighted by molar-refractivity contribution is 5.87. The number of hydrogen-bond acceptors (Lipinski definition) is 7. The summed E-state index contributed by atoms with van der Waals surface area (Å²) in [7, 11) is 6.93. The standard InChI is InChI=1S/C33H44FN3O4/c1-36(2)31(27-14-16-28(34)17-15-27)26-12-10-25(11-13-26)22-29-33(32(39)41-4,20-18-30(38)40-3)35-23-37(29)21-19-24-8-6-5-7-9-24/h5-9,14-17,23,25-26,29,31H,10-13,18-22H2,1-4H3. The van der Waals surface area contributed by atoms with Crippen molar-refractivity contribution in [2.45, 2.75) is 69.0 Å². The van der Waals surface area contributed by atoms with Crippen LogP contribution in [-0.2, 0) is 25.5 Å². The van der Waals surface area contributed by atoms with Gasteiger partial charge in [-0.05, 0) is 81.3 Å². The van der Waals surface area contributed by atoms with E-state index in [1.165, 1.54) is 19.8 Å². The smallest absolute Gasteiger partial charge is 0.335 e. The summed E-state index contributed by atoms with van der Waals surface area (Å²) in [5.74, 6) is -0.101. The van der Waals surface area contributed by atoms with Gasteiger partial charge in [-0.25, -0.2) is 9.18 Å². The van der Waals surface area contributed by atoms with E-state index in [9.17, 15) is 14.0 Å². The number of rotatable bonds is 12. The van der Waals surface area contributed by atoms with Crippen molar-refractivity contribution >= 4 is 18.3 Å². The zero-order chi connectivity index (χ0) is 29.4. The molecular weight excluding hydrogens is 521 g/mol. The van der Waals surface area contributed by atoms with E-state index in [1.807, 2.05) is 30.3 Å². The largest absolute Gasteiger partial charge is 0.469 e. The second kappa shape index (κ2) is 14.1. The molecule has 0 N–H and O–H groups in total. The Bertz CT molecular complexity index is 1160. The van der Waals surface area contributed by atoms with E-state index < -0.39 is 11.5 Å². The molecule has 4 rings (SSSR count). The zero-order valence-electron chi connectivity index (χ0n) is 24.8. The van der Waals surface area contributed by atoms with Gasteiger partial charge in [-0.3, -0.25) is 9.79 Å². The highest BCUT2D eigenvalue weighted by atomic mass is 19.1. The first-order valence-electron chi connectivity index (χ1n) is 14.7. The summed E-state index contributed by atoms with van der Waals surface area (Å²) in [5.41, 5.74) is 1.22. The van der Waals surface area contributed by atoms with Gasteiger partial charge in [0.2, 0.25) is 0 Å². The molecule has 2 aromatic carbocycles. The second-order valence-electron chi connectivity index (χ2n) is 11.7. The number of aliphatic imine (C=N–C) groups is 1. The van der Waals surface area contributed by atoms with Crippen LogP contribution in [0.1, 0.15) is 62.1 Å². The predicted molar refractivity (Wildman–Crippen MR) is 158 cm³/mol. The first kappa shape index (κ1) is 30.7. The number of carbonyl (C=O) groups excluding carboxylic acids is 2. The van der Waals surface area contributed by atoms with Crippen molar-refractivity contribution in [2.24, 2.45) is 16.8 Å². The monoisotopic (exact) mass is 565 g/mol. The maximum absolute atomic E-state index is 13.6. The van der Waals surface area contributed by atoms with Crippen LogP contribution in [0.15, 0.2) is 59.6 Å². The van der Waals surface area contributed by atoms with Crippen molar-refractivity contribution in [2.75, 3.05) is 34.9 Å². The van der Waals surface area contributed by atoms with Crippen LogP contribution in [0, 0.1) is 17.7 Å². The molecule has 222 valence electrons. The molecule has 1 saturated carbocycles. The number of hydrogen-bond donors (Lipinski definition) is 0. The summed E-state index contributed by atoms with van der Waals surface area (Å²) >= 11 is 0. The lowest BCUT2D eigenvalue weighted by Crippen LogP contribution is -2.53. The zero-order valence-corrected chi connectivity index (χ0v) is 24.8. The van der Waals surface area contributed by atoms with E-state index in [2.05, 4.69) is 36.0 Å². The average molecular weight is 566 g/mol. The number of carbonyl (C=O) groups is 2. The minimum Gasteiger partial charge on any atom is -0.469 e. The number of benzene rings is 2. The molecule has 1 aliphatic heterocycles. The summed E-state index contributed by atoms with van der Waals surface area (Å²) in [6, 6.07) is 17.2. The molecule has 0 amide bonds. The number of esters is 2. The lowest BCUT2D eigenvalue weighted by Gasteiger charge is -2.41. The lowest BCUT2D eigenvalue weighted by molar-refractivity contribution is -0.150. The summed E-state index contributed by atoms with van der Waals surface area (Å²) in [6.07, 6.45) is 7.93. The van der Waals surface area contributed by atoms with E-state index in [0.29, 0.717) is 11.8 Å². The van der Waals surface area contributed by atoms with Crippen molar-refractivity contribution in [3.8, 4) is 0 Å². The lowest BCUT2D eigenvalue weighted by atomic mass is 9.72. The molecule has 3 atom stereocenters. The van der Waals surface area contributed by atoms with Gasteiger partial charge in [0, 0.05) is 19.0 Å². The van der Waals surface area contributed by atoms with Gasteiger partial charge in [0.15, 0.2) is 5.54 Å². The summed E-state index contributed by atoms with van der Waals surface area (Å²) < 4.78 is 23.8. The van der Waals surface area contributed by atoms with Crippen molar-refractivity contribution in [3.05, 3.63) is 71.5 Å². The number of methoxy groups -OCH3 is 2. The van der Waals surface area contributed by atoms with Gasteiger partial charge in [0.25, 0.3) is 0 Å². The highest BCUT2D eigenvalue weighted by Gasteiger charge is 2.52. The van der Waals surface area contributed by atoms with Gasteiger partial charge in [0.05, 0.1) is 26.6 Å². The highest BCUT2D eigenvalue weighted by Crippen LogP contribution is 2.43. The summed E-state index contributed by atoms with van der Waals surface area (Å²) in [6.45, 7) is 0.720. The van der Waals surface area contributed by atoms with Crippen molar-refractivity contribution in [1.82, 2.24) is 9.80 Å². The maximum atomic E-state index is 13.6. The van der Waals surface area contributed by atoms with Gasteiger partial charge < -0.3 is 19.3 Å².